The molecule has 3 aromatic carbocycles. The van der Waals surface area contributed by atoms with Crippen LogP contribution in [0.25, 0.3) is 0 Å². The largest absolute Gasteiger partial charge is 4.00 e. The van der Waals surface area contributed by atoms with Gasteiger partial charge in [0, 0.05) is 0 Å². The molecule has 0 aliphatic heterocycles. The van der Waals surface area contributed by atoms with Gasteiger partial charge in [-0.15, -0.1) is 0 Å². The van der Waals surface area contributed by atoms with E-state index >= 15 is 0 Å². The third-order valence-corrected chi connectivity index (χ3v) is 5.92. The van der Waals surface area contributed by atoms with E-state index in [0.29, 0.717) is 0 Å². The van der Waals surface area contributed by atoms with E-state index in [1.54, 1.807) is 0 Å². The van der Waals surface area contributed by atoms with Crippen molar-refractivity contribution in [1.82, 2.24) is 0 Å². The van der Waals surface area contributed by atoms with Gasteiger partial charge in [-0.2, -0.15) is 0 Å². The quantitative estimate of drug-likeness (QED) is 0.316. The van der Waals surface area contributed by atoms with Gasteiger partial charge in [-0.05, 0) is 36.4 Å². The van der Waals surface area contributed by atoms with E-state index in [0.717, 1.165) is 0 Å². The van der Waals surface area contributed by atoms with Crippen LogP contribution in [0.3, 0.4) is 0 Å². The fraction of sp³-hybridized carbons (Fsp3) is 0. The molecule has 0 N–H and O–H groups in total. The molecule has 0 fully saturated rings. The molecule has 3 rings (SSSR count). The van der Waals surface area contributed by atoms with Gasteiger partial charge in [-0.25, -0.2) is 0 Å². The molecule has 0 amide bonds. The van der Waals surface area contributed by atoms with Crippen LogP contribution in [0, 0.1) is 29.7 Å². The Labute approximate surface area is 163 Å². The van der Waals surface area contributed by atoms with Crippen LogP contribution < -0.4 is 15.9 Å². The Morgan fingerprint density at radius 3 is 0.792 bits per heavy atom. The monoisotopic (exact) mass is 425 g/mol. The molecule has 0 unspecified atom stereocenters. The summed E-state index contributed by atoms with van der Waals surface area (Å²) in [5.41, 5.74) is 0. The molecule has 2 heteroatoms. The maximum absolute atomic E-state index is 2.24. The summed E-state index contributed by atoms with van der Waals surface area (Å²) in [5.74, 6) is 0. The van der Waals surface area contributed by atoms with Crippen molar-refractivity contribution >= 4 is 23.8 Å². The molecule has 0 atom stereocenters. The van der Waals surface area contributed by atoms with Crippen molar-refractivity contribution < 1.29 is 19.5 Å². The minimum Gasteiger partial charge on any atom is -0.358 e. The van der Waals surface area contributed by atoms with Gasteiger partial charge < -0.3 is 29.7 Å². The van der Waals surface area contributed by atoms with E-state index in [1.807, 2.05) is 0 Å². The van der Waals surface area contributed by atoms with Crippen molar-refractivity contribution in [3.8, 4) is 0 Å². The average Bonchev–Trinajstić information content (AvgIpc) is 2.51. The zero-order valence-electron chi connectivity index (χ0n) is 15.0. The standard InChI is InChI=1S/C18H15P.4CH3.Ru/c1-4-10-16(11-5-1)19(17-12-6-2-7-13-17)18-14-8-3-9-15-18;;;;;/h1-15H;4*1H3;/q;4*-1;+4/p+1. The average molecular weight is 425 g/mol. The van der Waals surface area contributed by atoms with Crippen LogP contribution in [0.1, 0.15) is 0 Å². The van der Waals surface area contributed by atoms with Gasteiger partial charge >= 0.3 is 19.5 Å². The molecule has 0 aromatic heterocycles. The number of benzene rings is 3. The maximum atomic E-state index is 2.24. The van der Waals surface area contributed by atoms with Gasteiger partial charge in [0.05, 0.1) is 7.92 Å². The Hall–Kier alpha value is -1.29. The fourth-order valence-electron chi connectivity index (χ4n) is 2.31. The molecule has 0 bridgehead atoms. The van der Waals surface area contributed by atoms with Crippen LogP contribution in [0.5, 0.6) is 0 Å². The Bertz CT molecular complexity index is 530. The van der Waals surface area contributed by atoms with E-state index in [2.05, 4.69) is 91.0 Å². The summed E-state index contributed by atoms with van der Waals surface area (Å²) in [6.45, 7) is 0. The molecule has 0 spiro atoms. The second kappa shape index (κ2) is 14.1. The minimum atomic E-state index is -0.877. The van der Waals surface area contributed by atoms with Gasteiger partial charge in [0.25, 0.3) is 0 Å². The van der Waals surface area contributed by atoms with Crippen molar-refractivity contribution in [3.05, 3.63) is 121 Å². The van der Waals surface area contributed by atoms with E-state index in [1.165, 1.54) is 15.9 Å². The van der Waals surface area contributed by atoms with Crippen LogP contribution >= 0.6 is 7.92 Å². The number of hydrogen-bond acceptors (Lipinski definition) is 0. The Kier molecular flexibility index (Phi) is 16.2. The first-order valence-corrected chi connectivity index (χ1v) is 7.98. The van der Waals surface area contributed by atoms with Crippen LogP contribution in [0.4, 0.5) is 0 Å². The second-order valence-electron chi connectivity index (χ2n) is 4.47. The van der Waals surface area contributed by atoms with Gasteiger partial charge in [0.15, 0.2) is 0 Å². The van der Waals surface area contributed by atoms with Crippen LogP contribution in [0.2, 0.25) is 0 Å². The molecule has 0 nitrogen and oxygen atoms in total. The smallest absolute Gasteiger partial charge is 0.358 e. The SMILES string of the molecule is [CH3-].[CH3-].[CH3-].[CH3-].[Ru+4].c1ccc([PH+](c2ccccc2)c2ccccc2)cc1. The zero-order valence-corrected chi connectivity index (χ0v) is 17.8. The summed E-state index contributed by atoms with van der Waals surface area (Å²) < 4.78 is 0. The van der Waals surface area contributed by atoms with Crippen molar-refractivity contribution in [3.63, 3.8) is 0 Å². The number of hydrogen-bond donors (Lipinski definition) is 0. The molecule has 3 aromatic rings. The Balaban J connectivity index is -0.000000882. The summed E-state index contributed by atoms with van der Waals surface area (Å²) >= 11 is 0. The van der Waals surface area contributed by atoms with Crippen LogP contribution in [-0.2, 0) is 19.5 Å². The Morgan fingerprint density at radius 2 is 0.583 bits per heavy atom. The first kappa shape index (κ1) is 27.6. The van der Waals surface area contributed by atoms with Crippen molar-refractivity contribution in [2.24, 2.45) is 0 Å². The minimum absolute atomic E-state index is 0. The zero-order chi connectivity index (χ0) is 12.9. The van der Waals surface area contributed by atoms with Gasteiger partial charge in [0.1, 0.15) is 15.9 Å². The summed E-state index contributed by atoms with van der Waals surface area (Å²) in [6.07, 6.45) is 0. The molecule has 128 valence electrons. The summed E-state index contributed by atoms with van der Waals surface area (Å²) in [7, 11) is -0.877. The fourth-order valence-corrected chi connectivity index (χ4v) is 4.89. The first-order valence-electron chi connectivity index (χ1n) is 6.48. The molecule has 0 aliphatic carbocycles. The van der Waals surface area contributed by atoms with E-state index in [9.17, 15) is 0 Å². The van der Waals surface area contributed by atoms with Crippen LogP contribution in [0.15, 0.2) is 91.0 Å². The molecule has 0 saturated heterocycles. The first-order chi connectivity index (χ1) is 9.45. The number of rotatable bonds is 3. The Morgan fingerprint density at radius 1 is 0.375 bits per heavy atom. The molecular weight excluding hydrogens is 396 g/mol. The van der Waals surface area contributed by atoms with E-state index in [-0.39, 0.29) is 49.2 Å². The van der Waals surface area contributed by atoms with Crippen molar-refractivity contribution in [2.45, 2.75) is 0 Å². The predicted octanol–water partition coefficient (Wildman–Crippen LogP) is 4.98. The molecule has 24 heavy (non-hydrogen) atoms. The van der Waals surface area contributed by atoms with Crippen molar-refractivity contribution in [2.75, 3.05) is 0 Å². The summed E-state index contributed by atoms with van der Waals surface area (Å²) in [4.78, 5) is 0. The van der Waals surface area contributed by atoms with Crippen molar-refractivity contribution in [1.29, 1.82) is 0 Å². The molecular formula is C22H28PRu+. The molecule has 0 aliphatic rings. The summed E-state index contributed by atoms with van der Waals surface area (Å²) in [5, 5.41) is 4.31. The second-order valence-corrected chi connectivity index (χ2v) is 6.96. The van der Waals surface area contributed by atoms with E-state index < -0.39 is 7.92 Å². The summed E-state index contributed by atoms with van der Waals surface area (Å²) in [6, 6.07) is 32.5. The molecule has 0 radical (unpaired) electrons. The van der Waals surface area contributed by atoms with Gasteiger partial charge in [-0.3, -0.25) is 0 Å². The molecule has 0 saturated carbocycles. The van der Waals surface area contributed by atoms with Gasteiger partial charge in [0.2, 0.25) is 0 Å². The van der Waals surface area contributed by atoms with Crippen LogP contribution in [-0.4, -0.2) is 0 Å². The molecule has 0 heterocycles. The third-order valence-electron chi connectivity index (χ3n) is 3.19. The van der Waals surface area contributed by atoms with Gasteiger partial charge in [-0.1, -0.05) is 54.6 Å². The predicted molar refractivity (Wildman–Crippen MR) is 112 cm³/mol. The third kappa shape index (κ3) is 6.68. The topological polar surface area (TPSA) is 0 Å². The normalized spacial score (nSPS) is 8.38. The maximum Gasteiger partial charge on any atom is 4.00 e. The van der Waals surface area contributed by atoms with E-state index in [4.69, 9.17) is 0 Å².